The van der Waals surface area contributed by atoms with Crippen molar-refractivity contribution in [2.45, 2.75) is 64.7 Å². The van der Waals surface area contributed by atoms with Crippen LogP contribution in [-0.4, -0.2) is 30.4 Å². The Hall–Kier alpha value is -0.770. The van der Waals surface area contributed by atoms with Crippen LogP contribution >= 0.6 is 0 Å². The summed E-state index contributed by atoms with van der Waals surface area (Å²) < 4.78 is 10.7. The third-order valence-electron chi connectivity index (χ3n) is 2.51. The number of hydrogen-bond donors (Lipinski definition) is 1. The van der Waals surface area contributed by atoms with Gasteiger partial charge < -0.3 is 14.8 Å². The van der Waals surface area contributed by atoms with Crippen molar-refractivity contribution < 1.29 is 14.3 Å². The van der Waals surface area contributed by atoms with E-state index in [-0.39, 0.29) is 12.1 Å². The van der Waals surface area contributed by atoms with Crippen LogP contribution in [0.15, 0.2) is 0 Å². The first kappa shape index (κ1) is 13.3. The molecule has 0 saturated heterocycles. The summed E-state index contributed by atoms with van der Waals surface area (Å²) in [6.07, 6.45) is 2.87. The van der Waals surface area contributed by atoms with Gasteiger partial charge in [0.25, 0.3) is 0 Å². The van der Waals surface area contributed by atoms with E-state index in [2.05, 4.69) is 5.32 Å². The number of carbonyl (C=O) groups excluding carboxylic acids is 1. The molecule has 1 fully saturated rings. The van der Waals surface area contributed by atoms with Crippen LogP contribution in [0.1, 0.15) is 47.0 Å². The summed E-state index contributed by atoms with van der Waals surface area (Å²) in [5, 5.41) is 2.88. The lowest BCUT2D eigenvalue weighted by atomic mass is 10.2. The smallest absolute Gasteiger partial charge is 0.407 e. The maximum atomic E-state index is 11.5. The SMILES string of the molecule is CCOC1CCC(NC(=O)OC(C)(C)C)C1. The molecule has 0 aliphatic heterocycles. The average Bonchev–Trinajstić information content (AvgIpc) is 2.49. The second kappa shape index (κ2) is 5.53. The van der Waals surface area contributed by atoms with Crippen LogP contribution in [-0.2, 0) is 9.47 Å². The van der Waals surface area contributed by atoms with Crippen LogP contribution in [0.5, 0.6) is 0 Å². The molecule has 16 heavy (non-hydrogen) atoms. The van der Waals surface area contributed by atoms with Gasteiger partial charge in [-0.05, 0) is 47.0 Å². The van der Waals surface area contributed by atoms with E-state index in [0.29, 0.717) is 6.10 Å². The van der Waals surface area contributed by atoms with E-state index < -0.39 is 5.60 Å². The van der Waals surface area contributed by atoms with Crippen molar-refractivity contribution in [1.82, 2.24) is 5.32 Å². The summed E-state index contributed by atoms with van der Waals surface area (Å²) in [7, 11) is 0. The summed E-state index contributed by atoms with van der Waals surface area (Å²) >= 11 is 0. The maximum absolute atomic E-state index is 11.5. The molecule has 1 aliphatic carbocycles. The topological polar surface area (TPSA) is 47.6 Å². The second-order valence-corrected chi connectivity index (χ2v) is 5.23. The molecule has 1 amide bonds. The van der Waals surface area contributed by atoms with Gasteiger partial charge in [0.2, 0.25) is 0 Å². The number of amides is 1. The Morgan fingerprint density at radius 1 is 1.38 bits per heavy atom. The zero-order valence-electron chi connectivity index (χ0n) is 10.7. The van der Waals surface area contributed by atoms with E-state index >= 15 is 0 Å². The molecule has 0 heterocycles. The standard InChI is InChI=1S/C12H23NO3/c1-5-15-10-7-6-9(8-10)13-11(14)16-12(2,3)4/h9-10H,5-8H2,1-4H3,(H,13,14). The first-order valence-electron chi connectivity index (χ1n) is 6.02. The van der Waals surface area contributed by atoms with Crippen LogP contribution in [0.2, 0.25) is 0 Å². The molecule has 0 bridgehead atoms. The highest BCUT2D eigenvalue weighted by atomic mass is 16.6. The van der Waals surface area contributed by atoms with Crippen molar-refractivity contribution in [2.75, 3.05) is 6.61 Å². The number of ether oxygens (including phenoxy) is 2. The maximum Gasteiger partial charge on any atom is 0.407 e. The Kier molecular flexibility index (Phi) is 4.59. The highest BCUT2D eigenvalue weighted by Gasteiger charge is 2.27. The molecule has 0 aromatic carbocycles. The third-order valence-corrected chi connectivity index (χ3v) is 2.51. The van der Waals surface area contributed by atoms with Crippen molar-refractivity contribution >= 4 is 6.09 Å². The minimum Gasteiger partial charge on any atom is -0.444 e. The van der Waals surface area contributed by atoms with E-state index in [1.807, 2.05) is 27.7 Å². The summed E-state index contributed by atoms with van der Waals surface area (Å²) in [5.74, 6) is 0. The Morgan fingerprint density at radius 3 is 2.62 bits per heavy atom. The highest BCUT2D eigenvalue weighted by Crippen LogP contribution is 2.22. The number of hydrogen-bond acceptors (Lipinski definition) is 3. The number of nitrogens with one attached hydrogen (secondary N) is 1. The Balaban J connectivity index is 2.26. The zero-order valence-corrected chi connectivity index (χ0v) is 10.7. The fraction of sp³-hybridized carbons (Fsp3) is 0.917. The van der Waals surface area contributed by atoms with Crippen LogP contribution < -0.4 is 5.32 Å². The summed E-state index contributed by atoms with van der Waals surface area (Å²) in [5.41, 5.74) is -0.429. The summed E-state index contributed by atoms with van der Waals surface area (Å²) in [6.45, 7) is 8.33. The van der Waals surface area contributed by atoms with Gasteiger partial charge in [0.1, 0.15) is 5.60 Å². The lowest BCUT2D eigenvalue weighted by Gasteiger charge is -2.21. The van der Waals surface area contributed by atoms with Crippen molar-refractivity contribution in [3.63, 3.8) is 0 Å². The quantitative estimate of drug-likeness (QED) is 0.808. The molecule has 1 saturated carbocycles. The normalized spacial score (nSPS) is 25.5. The van der Waals surface area contributed by atoms with Gasteiger partial charge in [-0.1, -0.05) is 0 Å². The molecular weight excluding hydrogens is 206 g/mol. The molecule has 1 rings (SSSR count). The lowest BCUT2D eigenvalue weighted by molar-refractivity contribution is 0.0481. The van der Waals surface area contributed by atoms with E-state index in [1.54, 1.807) is 0 Å². The first-order chi connectivity index (χ1) is 7.40. The molecular formula is C12H23NO3. The van der Waals surface area contributed by atoms with Crippen molar-refractivity contribution in [3.05, 3.63) is 0 Å². The molecule has 0 aromatic rings. The molecule has 4 heteroatoms. The minimum absolute atomic E-state index is 0.200. The van der Waals surface area contributed by atoms with Gasteiger partial charge in [-0.2, -0.15) is 0 Å². The molecule has 2 atom stereocenters. The molecule has 94 valence electrons. The molecule has 1 N–H and O–H groups in total. The number of carbonyl (C=O) groups is 1. The first-order valence-corrected chi connectivity index (χ1v) is 6.02. The highest BCUT2D eigenvalue weighted by molar-refractivity contribution is 5.68. The zero-order chi connectivity index (χ0) is 12.2. The molecule has 0 aromatic heterocycles. The van der Waals surface area contributed by atoms with Crippen molar-refractivity contribution in [3.8, 4) is 0 Å². The monoisotopic (exact) mass is 229 g/mol. The Bertz CT molecular complexity index is 235. The van der Waals surface area contributed by atoms with E-state index in [4.69, 9.17) is 9.47 Å². The average molecular weight is 229 g/mol. The number of alkyl carbamates (subject to hydrolysis) is 1. The molecule has 0 spiro atoms. The van der Waals surface area contributed by atoms with Gasteiger partial charge in [0, 0.05) is 12.6 Å². The van der Waals surface area contributed by atoms with E-state index in [0.717, 1.165) is 25.9 Å². The van der Waals surface area contributed by atoms with Crippen LogP contribution in [0, 0.1) is 0 Å². The molecule has 0 radical (unpaired) electrons. The Morgan fingerprint density at radius 2 is 2.06 bits per heavy atom. The van der Waals surface area contributed by atoms with Gasteiger partial charge in [-0.3, -0.25) is 0 Å². The van der Waals surface area contributed by atoms with Crippen LogP contribution in [0.25, 0.3) is 0 Å². The largest absolute Gasteiger partial charge is 0.444 e. The van der Waals surface area contributed by atoms with Crippen LogP contribution in [0.3, 0.4) is 0 Å². The molecule has 2 unspecified atom stereocenters. The third kappa shape index (κ3) is 4.84. The van der Waals surface area contributed by atoms with Crippen molar-refractivity contribution in [2.24, 2.45) is 0 Å². The Labute approximate surface area is 97.7 Å². The van der Waals surface area contributed by atoms with E-state index in [9.17, 15) is 4.79 Å². The van der Waals surface area contributed by atoms with Gasteiger partial charge in [-0.15, -0.1) is 0 Å². The van der Waals surface area contributed by atoms with Gasteiger partial charge in [-0.25, -0.2) is 4.79 Å². The molecule has 4 nitrogen and oxygen atoms in total. The van der Waals surface area contributed by atoms with Gasteiger partial charge >= 0.3 is 6.09 Å². The second-order valence-electron chi connectivity index (χ2n) is 5.23. The minimum atomic E-state index is -0.429. The predicted molar refractivity (Wildman–Crippen MR) is 62.4 cm³/mol. The van der Waals surface area contributed by atoms with Crippen molar-refractivity contribution in [1.29, 1.82) is 0 Å². The summed E-state index contributed by atoms with van der Waals surface area (Å²) in [4.78, 5) is 11.5. The predicted octanol–water partition coefficient (Wildman–Crippen LogP) is 2.47. The number of rotatable bonds is 3. The van der Waals surface area contributed by atoms with Gasteiger partial charge in [0.05, 0.1) is 6.10 Å². The fourth-order valence-electron chi connectivity index (χ4n) is 1.93. The summed E-state index contributed by atoms with van der Waals surface area (Å²) in [6, 6.07) is 0.200. The molecule has 1 aliphatic rings. The fourth-order valence-corrected chi connectivity index (χ4v) is 1.93. The van der Waals surface area contributed by atoms with E-state index in [1.165, 1.54) is 0 Å². The van der Waals surface area contributed by atoms with Gasteiger partial charge in [0.15, 0.2) is 0 Å². The lowest BCUT2D eigenvalue weighted by Crippen LogP contribution is -2.38. The van der Waals surface area contributed by atoms with Crippen LogP contribution in [0.4, 0.5) is 4.79 Å².